The highest BCUT2D eigenvalue weighted by Gasteiger charge is 2.30. The molecule has 1 unspecified atom stereocenters. The van der Waals surface area contributed by atoms with E-state index in [2.05, 4.69) is 22.8 Å². The monoisotopic (exact) mass is 307 g/mol. The van der Waals surface area contributed by atoms with E-state index in [1.54, 1.807) is 4.90 Å². The van der Waals surface area contributed by atoms with Gasteiger partial charge < -0.3 is 16.0 Å². The van der Waals surface area contributed by atoms with Gasteiger partial charge in [-0.2, -0.15) is 0 Å². The van der Waals surface area contributed by atoms with E-state index in [9.17, 15) is 4.79 Å². The van der Waals surface area contributed by atoms with Gasteiger partial charge in [-0.15, -0.1) is 11.3 Å². The number of amides is 2. The summed E-state index contributed by atoms with van der Waals surface area (Å²) in [6.07, 6.45) is 7.45. The molecule has 0 spiro atoms. The number of carbonyl (C=O) groups excluding carboxylic acids is 1. The minimum Gasteiger partial charge on any atom is -0.351 e. The van der Waals surface area contributed by atoms with Gasteiger partial charge in [-0.25, -0.2) is 4.79 Å². The zero-order valence-corrected chi connectivity index (χ0v) is 13.3. The van der Waals surface area contributed by atoms with Gasteiger partial charge in [-0.1, -0.05) is 18.9 Å². The quantitative estimate of drug-likeness (QED) is 0.898. The number of thiophene rings is 1. The molecule has 2 aliphatic rings. The second-order valence-electron chi connectivity index (χ2n) is 6.30. The highest BCUT2D eigenvalue weighted by molar-refractivity contribution is 7.10. The van der Waals surface area contributed by atoms with E-state index in [-0.39, 0.29) is 6.03 Å². The Hall–Kier alpha value is -1.07. The number of nitrogens with two attached hydrogens (primary N) is 1. The molecule has 2 fully saturated rings. The number of nitrogens with one attached hydrogen (secondary N) is 1. The van der Waals surface area contributed by atoms with Crippen molar-refractivity contribution in [1.82, 2.24) is 10.2 Å². The number of piperidine rings is 1. The molecule has 1 aromatic heterocycles. The van der Waals surface area contributed by atoms with E-state index in [1.807, 2.05) is 11.3 Å². The van der Waals surface area contributed by atoms with Gasteiger partial charge in [0.05, 0.1) is 0 Å². The lowest BCUT2D eigenvalue weighted by Crippen LogP contribution is -2.48. The summed E-state index contributed by atoms with van der Waals surface area (Å²) < 4.78 is 0. The summed E-state index contributed by atoms with van der Waals surface area (Å²) in [5.74, 6) is 0.776. The van der Waals surface area contributed by atoms with E-state index < -0.39 is 0 Å². The highest BCUT2D eigenvalue weighted by atomic mass is 32.1. The molecule has 1 atom stereocenters. The van der Waals surface area contributed by atoms with Crippen LogP contribution in [0.15, 0.2) is 17.5 Å². The standard InChI is InChI=1S/C16H25N3OS/c17-16(20)19-9-7-13(8-10-19)18-15(12-4-1-2-5-12)14-6-3-11-21-14/h3,6,11-13,15,18H,1-2,4-5,7-10H2,(H2,17,20). The Morgan fingerprint density at radius 1 is 1.29 bits per heavy atom. The number of hydrogen-bond donors (Lipinski definition) is 2. The summed E-state index contributed by atoms with van der Waals surface area (Å²) >= 11 is 1.86. The summed E-state index contributed by atoms with van der Waals surface area (Å²) in [6, 6.07) is 5.14. The van der Waals surface area contributed by atoms with E-state index in [4.69, 9.17) is 5.73 Å². The van der Waals surface area contributed by atoms with Crippen LogP contribution in [0.3, 0.4) is 0 Å². The second kappa shape index (κ2) is 6.79. The van der Waals surface area contributed by atoms with Crippen molar-refractivity contribution >= 4 is 17.4 Å². The lowest BCUT2D eigenvalue weighted by atomic mass is 9.94. The first kappa shape index (κ1) is 14.9. The molecule has 21 heavy (non-hydrogen) atoms. The lowest BCUT2D eigenvalue weighted by molar-refractivity contribution is 0.178. The van der Waals surface area contributed by atoms with Crippen LogP contribution in [-0.2, 0) is 0 Å². The van der Waals surface area contributed by atoms with E-state index in [0.717, 1.165) is 31.8 Å². The fourth-order valence-corrected chi connectivity index (χ4v) is 4.61. The van der Waals surface area contributed by atoms with Crippen LogP contribution in [-0.4, -0.2) is 30.1 Å². The first-order valence-electron chi connectivity index (χ1n) is 8.08. The van der Waals surface area contributed by atoms with Crippen LogP contribution in [0.25, 0.3) is 0 Å². The number of primary amides is 1. The molecule has 0 aromatic carbocycles. The summed E-state index contributed by atoms with van der Waals surface area (Å²) in [6.45, 7) is 1.57. The first-order chi connectivity index (χ1) is 10.2. The van der Waals surface area contributed by atoms with Gasteiger partial charge in [-0.05, 0) is 43.0 Å². The highest BCUT2D eigenvalue weighted by Crippen LogP contribution is 2.38. The molecule has 0 radical (unpaired) electrons. The van der Waals surface area contributed by atoms with Crippen molar-refractivity contribution in [3.8, 4) is 0 Å². The third-order valence-electron chi connectivity index (χ3n) is 4.94. The SMILES string of the molecule is NC(=O)N1CCC(NC(c2cccs2)C2CCCC2)CC1. The van der Waals surface area contributed by atoms with Crippen molar-refractivity contribution in [2.75, 3.05) is 13.1 Å². The molecule has 0 bridgehead atoms. The molecule has 1 aliphatic carbocycles. The summed E-state index contributed by atoms with van der Waals surface area (Å²) in [4.78, 5) is 14.4. The number of likely N-dealkylation sites (tertiary alicyclic amines) is 1. The van der Waals surface area contributed by atoms with Crippen LogP contribution < -0.4 is 11.1 Å². The minimum absolute atomic E-state index is 0.279. The van der Waals surface area contributed by atoms with Gasteiger partial charge in [0.25, 0.3) is 0 Å². The molecule has 3 rings (SSSR count). The molecule has 1 aliphatic heterocycles. The Labute approximate surface area is 130 Å². The molecule has 3 N–H and O–H groups in total. The zero-order chi connectivity index (χ0) is 14.7. The zero-order valence-electron chi connectivity index (χ0n) is 12.5. The fourth-order valence-electron chi connectivity index (χ4n) is 3.73. The smallest absolute Gasteiger partial charge is 0.314 e. The van der Waals surface area contributed by atoms with Gasteiger partial charge in [-0.3, -0.25) is 0 Å². The van der Waals surface area contributed by atoms with Gasteiger partial charge in [0.15, 0.2) is 0 Å². The molecule has 1 saturated carbocycles. The summed E-state index contributed by atoms with van der Waals surface area (Å²) in [5.41, 5.74) is 5.36. The number of rotatable bonds is 4. The average molecular weight is 307 g/mol. The third-order valence-corrected chi connectivity index (χ3v) is 5.90. The Morgan fingerprint density at radius 2 is 2.00 bits per heavy atom. The van der Waals surface area contributed by atoms with Crippen molar-refractivity contribution < 1.29 is 4.79 Å². The summed E-state index contributed by atoms with van der Waals surface area (Å²) in [7, 11) is 0. The van der Waals surface area contributed by atoms with Crippen molar-refractivity contribution in [3.05, 3.63) is 22.4 Å². The van der Waals surface area contributed by atoms with Crippen molar-refractivity contribution in [2.24, 2.45) is 11.7 Å². The molecule has 2 amide bonds. The van der Waals surface area contributed by atoms with E-state index in [1.165, 1.54) is 30.6 Å². The van der Waals surface area contributed by atoms with Crippen molar-refractivity contribution in [3.63, 3.8) is 0 Å². The van der Waals surface area contributed by atoms with Crippen LogP contribution in [0.4, 0.5) is 4.79 Å². The van der Waals surface area contributed by atoms with Crippen molar-refractivity contribution in [2.45, 2.75) is 50.6 Å². The Bertz CT molecular complexity index is 448. The van der Waals surface area contributed by atoms with Crippen LogP contribution in [0.1, 0.15) is 49.4 Å². The first-order valence-corrected chi connectivity index (χ1v) is 8.96. The van der Waals surface area contributed by atoms with Gasteiger partial charge >= 0.3 is 6.03 Å². The summed E-state index contributed by atoms with van der Waals surface area (Å²) in [5, 5.41) is 6.07. The molecule has 1 aromatic rings. The number of hydrogen-bond acceptors (Lipinski definition) is 3. The van der Waals surface area contributed by atoms with Gasteiger partial charge in [0.1, 0.15) is 0 Å². The van der Waals surface area contributed by atoms with Gasteiger partial charge in [0, 0.05) is 30.1 Å². The predicted octanol–water partition coefficient (Wildman–Crippen LogP) is 3.11. The Morgan fingerprint density at radius 3 is 2.57 bits per heavy atom. The molecular formula is C16H25N3OS. The Balaban J connectivity index is 1.61. The molecule has 4 nitrogen and oxygen atoms in total. The van der Waals surface area contributed by atoms with Crippen LogP contribution in [0.5, 0.6) is 0 Å². The minimum atomic E-state index is -0.279. The topological polar surface area (TPSA) is 58.4 Å². The maximum absolute atomic E-state index is 11.2. The Kier molecular flexibility index (Phi) is 4.80. The van der Waals surface area contributed by atoms with Crippen molar-refractivity contribution in [1.29, 1.82) is 0 Å². The molecule has 116 valence electrons. The molecular weight excluding hydrogens is 282 g/mol. The van der Waals surface area contributed by atoms with Crippen LogP contribution >= 0.6 is 11.3 Å². The third kappa shape index (κ3) is 3.58. The normalized spacial score (nSPS) is 22.6. The largest absolute Gasteiger partial charge is 0.351 e. The van der Waals surface area contributed by atoms with Gasteiger partial charge in [0.2, 0.25) is 0 Å². The number of nitrogens with zero attached hydrogens (tertiary/aromatic N) is 1. The van der Waals surface area contributed by atoms with Crippen LogP contribution in [0.2, 0.25) is 0 Å². The average Bonchev–Trinajstić information content (AvgIpc) is 3.19. The molecule has 2 heterocycles. The fraction of sp³-hybridized carbons (Fsp3) is 0.688. The number of urea groups is 1. The number of carbonyl (C=O) groups is 1. The molecule has 5 heteroatoms. The molecule has 1 saturated heterocycles. The van der Waals surface area contributed by atoms with Crippen LogP contribution in [0, 0.1) is 5.92 Å². The lowest BCUT2D eigenvalue weighted by Gasteiger charge is -2.35. The maximum atomic E-state index is 11.2. The van der Waals surface area contributed by atoms with E-state index in [0.29, 0.717) is 12.1 Å². The predicted molar refractivity (Wildman–Crippen MR) is 86.3 cm³/mol. The van der Waals surface area contributed by atoms with E-state index >= 15 is 0 Å². The maximum Gasteiger partial charge on any atom is 0.314 e. The second-order valence-corrected chi connectivity index (χ2v) is 7.28.